The number of halogens is 1. The van der Waals surface area contributed by atoms with Crippen LogP contribution in [0.25, 0.3) is 0 Å². The number of benzene rings is 1. The van der Waals surface area contributed by atoms with Crippen molar-refractivity contribution in [3.8, 4) is 0 Å². The molecule has 4 rings (SSSR count). The Morgan fingerprint density at radius 3 is 2.35 bits per heavy atom. The lowest BCUT2D eigenvalue weighted by atomic mass is 10.2. The molecule has 3 amide bonds. The van der Waals surface area contributed by atoms with Gasteiger partial charge >= 0.3 is 6.09 Å². The highest BCUT2D eigenvalue weighted by atomic mass is 35.5. The maximum absolute atomic E-state index is 12.0. The summed E-state index contributed by atoms with van der Waals surface area (Å²) in [6.07, 6.45) is -0.817. The van der Waals surface area contributed by atoms with Crippen molar-refractivity contribution in [1.29, 1.82) is 0 Å². The van der Waals surface area contributed by atoms with Crippen molar-refractivity contribution in [2.45, 2.75) is 20.0 Å². The number of hydrogen-bond acceptors (Lipinski definition) is 6. The van der Waals surface area contributed by atoms with E-state index >= 15 is 0 Å². The van der Waals surface area contributed by atoms with E-state index in [1.165, 1.54) is 16.7 Å². The second kappa shape index (κ2) is 10.6. The lowest BCUT2D eigenvalue weighted by Gasteiger charge is -2.27. The third kappa shape index (κ3) is 6.43. The van der Waals surface area contributed by atoms with Gasteiger partial charge in [-0.2, -0.15) is 0 Å². The first-order chi connectivity index (χ1) is 14.8. The van der Waals surface area contributed by atoms with Crippen LogP contribution >= 0.6 is 22.9 Å². The molecule has 2 aliphatic heterocycles. The van der Waals surface area contributed by atoms with Crippen LogP contribution in [0.3, 0.4) is 0 Å². The smallest absolute Gasteiger partial charge is 0.414 e. The minimum Gasteiger partial charge on any atom is -0.442 e. The Balaban J connectivity index is 0.000000330. The zero-order chi connectivity index (χ0) is 22.4. The molecule has 3 heterocycles. The standard InChI is InChI=1S/C16H19N3O5.C5H5ClS/c1-11(20)17-8-14-9-19(16(22)24-14)13-4-2-12(3-5-13)18-6-7-23-10-15(18)21;1-4-2-3-5(6)7-4/h2-5,14H,6-10H2,1H3,(H,17,20);2-3H,1H3/t14-;/m0./s1. The lowest BCUT2D eigenvalue weighted by molar-refractivity contribution is -0.125. The molecule has 31 heavy (non-hydrogen) atoms. The van der Waals surface area contributed by atoms with Gasteiger partial charge in [-0.15, -0.1) is 11.3 Å². The van der Waals surface area contributed by atoms with Gasteiger partial charge in [0.15, 0.2) is 0 Å². The minimum atomic E-state index is -0.444. The number of anilines is 2. The van der Waals surface area contributed by atoms with Gasteiger partial charge in [-0.1, -0.05) is 11.6 Å². The molecular formula is C21H24ClN3O5S. The molecule has 10 heteroatoms. The summed E-state index contributed by atoms with van der Waals surface area (Å²) in [7, 11) is 0. The monoisotopic (exact) mass is 465 g/mol. The third-order valence-electron chi connectivity index (χ3n) is 4.62. The number of ether oxygens (including phenoxy) is 2. The third-order valence-corrected chi connectivity index (χ3v) is 5.77. The maximum atomic E-state index is 12.0. The number of aryl methyl sites for hydroxylation is 1. The van der Waals surface area contributed by atoms with Gasteiger partial charge < -0.3 is 19.7 Å². The number of hydrogen-bond donors (Lipinski definition) is 1. The highest BCUT2D eigenvalue weighted by Gasteiger charge is 2.32. The highest BCUT2D eigenvalue weighted by molar-refractivity contribution is 7.16. The van der Waals surface area contributed by atoms with Crippen LogP contribution in [0.5, 0.6) is 0 Å². The van der Waals surface area contributed by atoms with Crippen LogP contribution in [-0.2, 0) is 19.1 Å². The topological polar surface area (TPSA) is 88.2 Å². The van der Waals surface area contributed by atoms with Gasteiger partial charge in [-0.25, -0.2) is 4.79 Å². The van der Waals surface area contributed by atoms with Crippen LogP contribution in [0, 0.1) is 6.92 Å². The quantitative estimate of drug-likeness (QED) is 0.749. The molecule has 0 radical (unpaired) electrons. The molecule has 1 aromatic heterocycles. The second-order valence-corrected chi connectivity index (χ2v) is 8.94. The van der Waals surface area contributed by atoms with Gasteiger partial charge in [0, 0.05) is 29.7 Å². The van der Waals surface area contributed by atoms with Crippen LogP contribution < -0.4 is 15.1 Å². The van der Waals surface area contributed by atoms with Crippen molar-refractivity contribution in [2.24, 2.45) is 0 Å². The minimum absolute atomic E-state index is 0.0787. The number of thiophene rings is 1. The van der Waals surface area contributed by atoms with E-state index in [0.717, 1.165) is 10.0 Å². The fourth-order valence-corrected chi connectivity index (χ4v) is 4.11. The Kier molecular flexibility index (Phi) is 7.89. The molecule has 0 saturated carbocycles. The van der Waals surface area contributed by atoms with E-state index in [2.05, 4.69) is 5.32 Å². The number of carbonyl (C=O) groups excluding carboxylic acids is 3. The maximum Gasteiger partial charge on any atom is 0.414 e. The molecule has 1 atom stereocenters. The molecule has 2 aliphatic rings. The Bertz CT molecular complexity index is 917. The summed E-state index contributed by atoms with van der Waals surface area (Å²) >= 11 is 7.19. The van der Waals surface area contributed by atoms with E-state index < -0.39 is 6.09 Å². The molecule has 2 saturated heterocycles. The molecule has 166 valence electrons. The number of cyclic esters (lactones) is 1. The molecule has 0 aliphatic carbocycles. The average Bonchev–Trinajstić information content (AvgIpc) is 3.31. The van der Waals surface area contributed by atoms with Gasteiger partial charge in [-0.3, -0.25) is 14.5 Å². The van der Waals surface area contributed by atoms with Crippen molar-refractivity contribution in [3.05, 3.63) is 45.6 Å². The number of nitrogens with one attached hydrogen (secondary N) is 1. The summed E-state index contributed by atoms with van der Waals surface area (Å²) in [5, 5.41) is 2.64. The van der Waals surface area contributed by atoms with E-state index in [4.69, 9.17) is 21.1 Å². The Morgan fingerprint density at radius 2 is 1.84 bits per heavy atom. The summed E-state index contributed by atoms with van der Waals surface area (Å²) in [4.78, 5) is 39.2. The molecule has 1 aromatic carbocycles. The fourth-order valence-electron chi connectivity index (χ4n) is 3.10. The van der Waals surface area contributed by atoms with Crippen molar-refractivity contribution in [3.63, 3.8) is 0 Å². The number of nitrogens with zero attached hydrogens (tertiary/aromatic N) is 2. The van der Waals surface area contributed by atoms with Gasteiger partial charge in [0.05, 0.1) is 24.0 Å². The van der Waals surface area contributed by atoms with Crippen molar-refractivity contribution >= 4 is 52.2 Å². The van der Waals surface area contributed by atoms with Crippen LogP contribution in [0.4, 0.5) is 16.2 Å². The molecule has 0 bridgehead atoms. The zero-order valence-corrected chi connectivity index (χ0v) is 18.9. The normalized spacial score (nSPS) is 18.4. The first-order valence-electron chi connectivity index (χ1n) is 9.76. The van der Waals surface area contributed by atoms with Crippen LogP contribution in [0.1, 0.15) is 11.8 Å². The first-order valence-corrected chi connectivity index (χ1v) is 11.0. The van der Waals surface area contributed by atoms with Gasteiger partial charge in [0.25, 0.3) is 5.91 Å². The Hall–Kier alpha value is -2.62. The SMILES string of the molecule is CC(=O)NC[C@H]1CN(c2ccc(N3CCOCC3=O)cc2)C(=O)O1.Cc1ccc(Cl)s1. The molecular weight excluding hydrogens is 442 g/mol. The molecule has 2 aromatic rings. The summed E-state index contributed by atoms with van der Waals surface area (Å²) in [5.41, 5.74) is 1.46. The number of morpholine rings is 1. The highest BCUT2D eigenvalue weighted by Crippen LogP contribution is 2.25. The summed E-state index contributed by atoms with van der Waals surface area (Å²) in [6, 6.07) is 11.1. The van der Waals surface area contributed by atoms with Gasteiger partial charge in [0.2, 0.25) is 5.91 Å². The number of rotatable bonds is 4. The molecule has 2 fully saturated rings. The van der Waals surface area contributed by atoms with E-state index in [-0.39, 0.29) is 31.1 Å². The van der Waals surface area contributed by atoms with E-state index in [0.29, 0.717) is 25.4 Å². The molecule has 8 nitrogen and oxygen atoms in total. The molecule has 0 spiro atoms. The number of amides is 3. The largest absolute Gasteiger partial charge is 0.442 e. The summed E-state index contributed by atoms with van der Waals surface area (Å²) in [5.74, 6) is -0.242. The van der Waals surface area contributed by atoms with Crippen LogP contribution in [-0.4, -0.2) is 56.9 Å². The van der Waals surface area contributed by atoms with Gasteiger partial charge in [-0.05, 0) is 43.3 Å². The van der Waals surface area contributed by atoms with E-state index in [9.17, 15) is 14.4 Å². The van der Waals surface area contributed by atoms with Crippen LogP contribution in [0.15, 0.2) is 36.4 Å². The summed E-state index contributed by atoms with van der Waals surface area (Å²) < 4.78 is 11.2. The van der Waals surface area contributed by atoms with Crippen molar-refractivity contribution in [2.75, 3.05) is 42.6 Å². The van der Waals surface area contributed by atoms with E-state index in [1.807, 2.05) is 19.1 Å². The van der Waals surface area contributed by atoms with Crippen molar-refractivity contribution < 1.29 is 23.9 Å². The zero-order valence-electron chi connectivity index (χ0n) is 17.3. The Labute approximate surface area is 189 Å². The number of carbonyl (C=O) groups is 3. The Morgan fingerprint density at radius 1 is 1.16 bits per heavy atom. The second-order valence-electron chi connectivity index (χ2n) is 7.02. The molecule has 1 N–H and O–H groups in total. The lowest BCUT2D eigenvalue weighted by Crippen LogP contribution is -2.41. The van der Waals surface area contributed by atoms with Crippen molar-refractivity contribution in [1.82, 2.24) is 5.32 Å². The van der Waals surface area contributed by atoms with Gasteiger partial charge in [0.1, 0.15) is 12.7 Å². The molecule has 0 unspecified atom stereocenters. The fraction of sp³-hybridized carbons (Fsp3) is 0.381. The summed E-state index contributed by atoms with van der Waals surface area (Å²) in [6.45, 7) is 5.23. The average molecular weight is 466 g/mol. The first kappa shape index (κ1) is 23.1. The van der Waals surface area contributed by atoms with E-state index in [1.54, 1.807) is 40.5 Å². The predicted molar refractivity (Wildman–Crippen MR) is 120 cm³/mol. The van der Waals surface area contributed by atoms with Crippen LogP contribution in [0.2, 0.25) is 4.34 Å². The predicted octanol–water partition coefficient (Wildman–Crippen LogP) is 3.22.